The Labute approximate surface area is 139 Å². The molecule has 124 valence electrons. The third-order valence-corrected chi connectivity index (χ3v) is 4.09. The Bertz CT molecular complexity index is 938. The van der Waals surface area contributed by atoms with Crippen LogP contribution < -0.4 is 16.0 Å². The Balaban J connectivity index is 1.80. The fourth-order valence-corrected chi connectivity index (χ4v) is 2.46. The summed E-state index contributed by atoms with van der Waals surface area (Å²) in [6, 6.07) is 12.5. The molecular weight excluding hydrogens is 306 g/mol. The summed E-state index contributed by atoms with van der Waals surface area (Å²) >= 11 is 0. The fourth-order valence-electron chi connectivity index (χ4n) is 2.46. The second-order valence-electron chi connectivity index (χ2n) is 5.62. The number of benzene rings is 2. The molecule has 0 aliphatic heterocycles. The first-order valence-corrected chi connectivity index (χ1v) is 7.71. The number of carbonyl (C=O) groups is 1. The van der Waals surface area contributed by atoms with Crippen LogP contribution in [-0.2, 0) is 7.05 Å². The van der Waals surface area contributed by atoms with E-state index in [1.807, 2.05) is 19.2 Å². The average molecular weight is 325 g/mol. The quantitative estimate of drug-likeness (QED) is 0.801. The van der Waals surface area contributed by atoms with Crippen LogP contribution in [0.5, 0.6) is 0 Å². The van der Waals surface area contributed by atoms with Crippen molar-refractivity contribution >= 4 is 28.4 Å². The summed E-state index contributed by atoms with van der Waals surface area (Å²) in [7, 11) is 3.64. The molecule has 0 unspecified atom stereocenters. The third kappa shape index (κ3) is 2.90. The van der Waals surface area contributed by atoms with Crippen molar-refractivity contribution in [3.05, 3.63) is 58.6 Å². The standard InChI is InChI=1S/C18H19N3O3/c1-4-20(2)14-8-5-12(6-9-14)17(22)19-13-7-10-15-16(11-13)24-18(23)21(15)3/h5-11H,4H2,1-3H3,(H,19,22). The molecule has 1 aromatic heterocycles. The number of hydrogen-bond donors (Lipinski definition) is 1. The van der Waals surface area contributed by atoms with E-state index in [9.17, 15) is 9.59 Å². The van der Waals surface area contributed by atoms with Gasteiger partial charge in [-0.15, -0.1) is 0 Å². The molecule has 0 bridgehead atoms. The van der Waals surface area contributed by atoms with Crippen LogP contribution in [0.25, 0.3) is 11.1 Å². The second kappa shape index (κ2) is 6.23. The van der Waals surface area contributed by atoms with Crippen LogP contribution >= 0.6 is 0 Å². The van der Waals surface area contributed by atoms with Gasteiger partial charge in [0.2, 0.25) is 0 Å². The van der Waals surface area contributed by atoms with Gasteiger partial charge in [-0.05, 0) is 43.3 Å². The number of oxazole rings is 1. The van der Waals surface area contributed by atoms with Crippen LogP contribution in [-0.4, -0.2) is 24.1 Å². The average Bonchev–Trinajstić information content (AvgIpc) is 2.88. The van der Waals surface area contributed by atoms with Crippen molar-refractivity contribution in [3.63, 3.8) is 0 Å². The van der Waals surface area contributed by atoms with Crippen LogP contribution in [0.15, 0.2) is 51.7 Å². The van der Waals surface area contributed by atoms with Gasteiger partial charge in [0.1, 0.15) is 0 Å². The zero-order valence-corrected chi connectivity index (χ0v) is 13.9. The molecule has 1 N–H and O–H groups in total. The summed E-state index contributed by atoms with van der Waals surface area (Å²) < 4.78 is 6.55. The lowest BCUT2D eigenvalue weighted by Crippen LogP contribution is -2.16. The minimum Gasteiger partial charge on any atom is -0.408 e. The number of fused-ring (bicyclic) bond motifs is 1. The predicted molar refractivity (Wildman–Crippen MR) is 94.8 cm³/mol. The first-order chi connectivity index (χ1) is 11.5. The van der Waals surface area contributed by atoms with Crippen LogP contribution in [0, 0.1) is 0 Å². The summed E-state index contributed by atoms with van der Waals surface area (Å²) in [5.41, 5.74) is 3.33. The molecule has 2 aromatic carbocycles. The number of anilines is 2. The zero-order chi connectivity index (χ0) is 17.3. The topological polar surface area (TPSA) is 67.5 Å². The molecule has 0 fully saturated rings. The number of nitrogens with zero attached hydrogens (tertiary/aromatic N) is 2. The molecule has 0 atom stereocenters. The Morgan fingerprint density at radius 3 is 2.58 bits per heavy atom. The van der Waals surface area contributed by atoms with E-state index in [0.717, 1.165) is 12.2 Å². The van der Waals surface area contributed by atoms with Gasteiger partial charge in [0.05, 0.1) is 5.52 Å². The van der Waals surface area contributed by atoms with Crippen molar-refractivity contribution in [2.75, 3.05) is 23.8 Å². The molecular formula is C18H19N3O3. The highest BCUT2D eigenvalue weighted by molar-refractivity contribution is 6.05. The van der Waals surface area contributed by atoms with E-state index in [4.69, 9.17) is 4.42 Å². The minimum absolute atomic E-state index is 0.210. The summed E-state index contributed by atoms with van der Waals surface area (Å²) in [6.07, 6.45) is 0. The van der Waals surface area contributed by atoms with E-state index in [1.54, 1.807) is 37.4 Å². The second-order valence-corrected chi connectivity index (χ2v) is 5.62. The van der Waals surface area contributed by atoms with Gasteiger partial charge in [0, 0.05) is 43.6 Å². The molecule has 0 aliphatic carbocycles. The molecule has 0 radical (unpaired) electrons. The molecule has 0 saturated carbocycles. The summed E-state index contributed by atoms with van der Waals surface area (Å²) in [5.74, 6) is -0.637. The zero-order valence-electron chi connectivity index (χ0n) is 13.9. The Kier molecular flexibility index (Phi) is 4.12. The Morgan fingerprint density at radius 2 is 1.92 bits per heavy atom. The normalized spacial score (nSPS) is 10.8. The lowest BCUT2D eigenvalue weighted by atomic mass is 10.1. The SMILES string of the molecule is CCN(C)c1ccc(C(=O)Nc2ccc3c(c2)oc(=O)n3C)cc1. The van der Waals surface area contributed by atoms with E-state index < -0.39 is 5.76 Å². The van der Waals surface area contributed by atoms with Crippen LogP contribution in [0.2, 0.25) is 0 Å². The third-order valence-electron chi connectivity index (χ3n) is 4.09. The van der Waals surface area contributed by atoms with E-state index in [2.05, 4.69) is 17.1 Å². The maximum atomic E-state index is 12.4. The van der Waals surface area contributed by atoms with E-state index in [0.29, 0.717) is 22.4 Å². The molecule has 1 amide bonds. The molecule has 0 saturated heterocycles. The first kappa shape index (κ1) is 15.9. The van der Waals surface area contributed by atoms with E-state index in [1.165, 1.54) is 4.57 Å². The van der Waals surface area contributed by atoms with Crippen molar-refractivity contribution in [3.8, 4) is 0 Å². The largest absolute Gasteiger partial charge is 0.419 e. The maximum absolute atomic E-state index is 12.4. The first-order valence-electron chi connectivity index (χ1n) is 7.71. The van der Waals surface area contributed by atoms with Crippen molar-refractivity contribution < 1.29 is 9.21 Å². The number of carbonyl (C=O) groups excluding carboxylic acids is 1. The van der Waals surface area contributed by atoms with Gasteiger partial charge in [-0.2, -0.15) is 0 Å². The van der Waals surface area contributed by atoms with Gasteiger partial charge < -0.3 is 14.6 Å². The molecule has 3 aromatic rings. The van der Waals surface area contributed by atoms with Gasteiger partial charge in [0.25, 0.3) is 5.91 Å². The van der Waals surface area contributed by atoms with Crippen molar-refractivity contribution in [1.29, 1.82) is 0 Å². The lowest BCUT2D eigenvalue weighted by Gasteiger charge is -2.16. The number of hydrogen-bond acceptors (Lipinski definition) is 4. The lowest BCUT2D eigenvalue weighted by molar-refractivity contribution is 0.102. The Morgan fingerprint density at radius 1 is 1.21 bits per heavy atom. The van der Waals surface area contributed by atoms with Crippen LogP contribution in [0.3, 0.4) is 0 Å². The Hall–Kier alpha value is -3.02. The van der Waals surface area contributed by atoms with Crippen molar-refractivity contribution in [2.45, 2.75) is 6.92 Å². The summed E-state index contributed by atoms with van der Waals surface area (Å²) in [4.78, 5) is 26.0. The predicted octanol–water partition coefficient (Wildman–Crippen LogP) is 2.84. The molecule has 3 rings (SSSR count). The minimum atomic E-state index is -0.427. The number of rotatable bonds is 4. The van der Waals surface area contributed by atoms with E-state index >= 15 is 0 Å². The molecule has 24 heavy (non-hydrogen) atoms. The molecule has 0 spiro atoms. The number of amides is 1. The highest BCUT2D eigenvalue weighted by Crippen LogP contribution is 2.19. The monoisotopic (exact) mass is 325 g/mol. The molecule has 6 nitrogen and oxygen atoms in total. The van der Waals surface area contributed by atoms with Gasteiger partial charge in [-0.3, -0.25) is 9.36 Å². The summed E-state index contributed by atoms with van der Waals surface area (Å²) in [6.45, 7) is 2.96. The molecule has 1 heterocycles. The van der Waals surface area contributed by atoms with E-state index in [-0.39, 0.29) is 5.91 Å². The smallest absolute Gasteiger partial charge is 0.408 e. The number of aryl methyl sites for hydroxylation is 1. The molecule has 6 heteroatoms. The van der Waals surface area contributed by atoms with Crippen LogP contribution in [0.1, 0.15) is 17.3 Å². The molecule has 0 aliphatic rings. The maximum Gasteiger partial charge on any atom is 0.419 e. The van der Waals surface area contributed by atoms with Gasteiger partial charge in [-0.1, -0.05) is 0 Å². The van der Waals surface area contributed by atoms with Gasteiger partial charge >= 0.3 is 5.76 Å². The van der Waals surface area contributed by atoms with Crippen molar-refractivity contribution in [2.24, 2.45) is 7.05 Å². The van der Waals surface area contributed by atoms with Crippen molar-refractivity contribution in [1.82, 2.24) is 4.57 Å². The number of nitrogens with one attached hydrogen (secondary N) is 1. The highest BCUT2D eigenvalue weighted by atomic mass is 16.4. The summed E-state index contributed by atoms with van der Waals surface area (Å²) in [5, 5.41) is 2.82. The number of aromatic nitrogens is 1. The van der Waals surface area contributed by atoms with Gasteiger partial charge in [0.15, 0.2) is 5.58 Å². The highest BCUT2D eigenvalue weighted by Gasteiger charge is 2.10. The van der Waals surface area contributed by atoms with Gasteiger partial charge in [-0.25, -0.2) is 4.79 Å². The fraction of sp³-hybridized carbons (Fsp3) is 0.222. The van der Waals surface area contributed by atoms with Crippen LogP contribution in [0.4, 0.5) is 11.4 Å².